The van der Waals surface area contributed by atoms with Crippen LogP contribution in [0.15, 0.2) is 0 Å². The van der Waals surface area contributed by atoms with E-state index in [1.165, 1.54) is 42.6 Å². The summed E-state index contributed by atoms with van der Waals surface area (Å²) in [5.74, 6) is 0. The summed E-state index contributed by atoms with van der Waals surface area (Å²) in [5, 5.41) is 1.43. The SMILES string of the molecule is SC(S)CCCC[CH2][Zn]. The first kappa shape index (κ1) is 10.3. The summed E-state index contributed by atoms with van der Waals surface area (Å²) in [6, 6.07) is 0. The molecule has 0 aliphatic carbocycles. The average molecular weight is 215 g/mol. The topological polar surface area (TPSA) is 0 Å². The maximum absolute atomic E-state index is 4.17. The second-order valence-corrected chi connectivity index (χ2v) is 5.32. The van der Waals surface area contributed by atoms with Crippen molar-refractivity contribution in [2.24, 2.45) is 0 Å². The molecule has 0 nitrogen and oxygen atoms in total. The van der Waals surface area contributed by atoms with Crippen molar-refractivity contribution < 1.29 is 18.3 Å². The van der Waals surface area contributed by atoms with Gasteiger partial charge in [0.1, 0.15) is 0 Å². The molecule has 9 heavy (non-hydrogen) atoms. The molecular formula is C6H13S2Zn. The summed E-state index contributed by atoms with van der Waals surface area (Å²) < 4.78 is 0.304. The van der Waals surface area contributed by atoms with Gasteiger partial charge in [-0.3, -0.25) is 0 Å². The number of unbranched alkanes of at least 4 members (excludes halogenated alkanes) is 2. The van der Waals surface area contributed by atoms with Gasteiger partial charge in [-0.2, -0.15) is 0 Å². The molecule has 0 aromatic heterocycles. The zero-order valence-corrected chi connectivity index (χ0v) is 10.5. The third-order valence-electron chi connectivity index (χ3n) is 1.21. The molecule has 51 valence electrons. The van der Waals surface area contributed by atoms with Gasteiger partial charge >= 0.3 is 78.8 Å². The Bertz CT molecular complexity index is 57.0. The van der Waals surface area contributed by atoms with Gasteiger partial charge < -0.3 is 0 Å². The molecule has 0 heterocycles. The Hall–Kier alpha value is 1.32. The van der Waals surface area contributed by atoms with Crippen LogP contribution >= 0.6 is 25.3 Å². The molecule has 0 rings (SSSR count). The van der Waals surface area contributed by atoms with Crippen molar-refractivity contribution in [2.75, 3.05) is 0 Å². The van der Waals surface area contributed by atoms with Crippen LogP contribution in [0.1, 0.15) is 25.7 Å². The van der Waals surface area contributed by atoms with Crippen LogP contribution in [-0.4, -0.2) is 4.58 Å². The Labute approximate surface area is 78.7 Å². The molecule has 0 amide bonds. The van der Waals surface area contributed by atoms with Crippen molar-refractivity contribution in [1.82, 2.24) is 0 Å². The number of hydrogen-bond acceptors (Lipinski definition) is 2. The van der Waals surface area contributed by atoms with Gasteiger partial charge in [-0.25, -0.2) is 0 Å². The van der Waals surface area contributed by atoms with Crippen LogP contribution in [0.2, 0.25) is 5.02 Å². The van der Waals surface area contributed by atoms with Crippen LogP contribution in [0.3, 0.4) is 0 Å². The van der Waals surface area contributed by atoms with Crippen molar-refractivity contribution >= 4 is 25.3 Å². The molecule has 0 saturated carbocycles. The predicted molar refractivity (Wildman–Crippen MR) is 45.0 cm³/mol. The van der Waals surface area contributed by atoms with Crippen LogP contribution in [0, 0.1) is 0 Å². The van der Waals surface area contributed by atoms with Crippen LogP contribution in [0.5, 0.6) is 0 Å². The molecule has 0 spiro atoms. The van der Waals surface area contributed by atoms with E-state index in [2.05, 4.69) is 25.3 Å². The fourth-order valence-electron chi connectivity index (χ4n) is 0.680. The van der Waals surface area contributed by atoms with E-state index in [1.807, 2.05) is 0 Å². The van der Waals surface area contributed by atoms with Crippen molar-refractivity contribution in [3.8, 4) is 0 Å². The van der Waals surface area contributed by atoms with Gasteiger partial charge in [0, 0.05) is 0 Å². The van der Waals surface area contributed by atoms with E-state index in [1.54, 1.807) is 0 Å². The fraction of sp³-hybridized carbons (Fsp3) is 1.00. The predicted octanol–water partition coefficient (Wildman–Crippen LogP) is 2.70. The minimum absolute atomic E-state index is 0.304. The average Bonchev–Trinajstić information content (AvgIpc) is 1.80. The summed E-state index contributed by atoms with van der Waals surface area (Å²) in [7, 11) is 0. The first-order valence-corrected chi connectivity index (χ1v) is 6.56. The van der Waals surface area contributed by atoms with Gasteiger partial charge in [0.2, 0.25) is 0 Å². The van der Waals surface area contributed by atoms with Crippen molar-refractivity contribution in [2.45, 2.75) is 35.3 Å². The molecule has 0 unspecified atom stereocenters. The molecule has 0 bridgehead atoms. The van der Waals surface area contributed by atoms with E-state index >= 15 is 0 Å². The van der Waals surface area contributed by atoms with Crippen molar-refractivity contribution in [3.05, 3.63) is 0 Å². The van der Waals surface area contributed by atoms with Crippen molar-refractivity contribution in [3.63, 3.8) is 0 Å². The normalized spacial score (nSPS) is 10.8. The Morgan fingerprint density at radius 2 is 1.78 bits per heavy atom. The Balaban J connectivity index is 2.75. The van der Waals surface area contributed by atoms with E-state index in [0.29, 0.717) is 4.58 Å². The van der Waals surface area contributed by atoms with E-state index < -0.39 is 0 Å². The Kier molecular flexibility index (Phi) is 8.52. The maximum atomic E-state index is 4.17. The van der Waals surface area contributed by atoms with Crippen LogP contribution < -0.4 is 0 Å². The zero-order chi connectivity index (χ0) is 7.11. The molecule has 0 aliphatic heterocycles. The second-order valence-electron chi connectivity index (χ2n) is 2.18. The van der Waals surface area contributed by atoms with Gasteiger partial charge in [-0.1, -0.05) is 0 Å². The van der Waals surface area contributed by atoms with Gasteiger partial charge in [-0.05, 0) is 0 Å². The molecule has 0 N–H and O–H groups in total. The van der Waals surface area contributed by atoms with Gasteiger partial charge in [0.15, 0.2) is 0 Å². The monoisotopic (exact) mass is 213 g/mol. The van der Waals surface area contributed by atoms with Gasteiger partial charge in [0.25, 0.3) is 0 Å². The molecule has 0 aliphatic rings. The van der Waals surface area contributed by atoms with E-state index in [4.69, 9.17) is 0 Å². The summed E-state index contributed by atoms with van der Waals surface area (Å²) in [5.41, 5.74) is 0. The van der Waals surface area contributed by atoms with Crippen LogP contribution in [0.25, 0.3) is 0 Å². The number of rotatable bonds is 5. The minimum atomic E-state index is 0.304. The molecule has 0 saturated heterocycles. The number of thiol groups is 2. The fourth-order valence-corrected chi connectivity index (χ4v) is 1.79. The summed E-state index contributed by atoms with van der Waals surface area (Å²) in [4.78, 5) is 0. The van der Waals surface area contributed by atoms with E-state index in [9.17, 15) is 0 Å². The first-order valence-electron chi connectivity index (χ1n) is 3.42. The molecular weight excluding hydrogens is 202 g/mol. The van der Waals surface area contributed by atoms with Gasteiger partial charge in [-0.15, -0.1) is 0 Å². The third-order valence-corrected chi connectivity index (χ3v) is 2.78. The Morgan fingerprint density at radius 1 is 1.11 bits per heavy atom. The van der Waals surface area contributed by atoms with E-state index in [-0.39, 0.29) is 0 Å². The quantitative estimate of drug-likeness (QED) is 0.299. The van der Waals surface area contributed by atoms with Crippen LogP contribution in [0.4, 0.5) is 0 Å². The molecule has 0 aromatic carbocycles. The molecule has 0 aromatic rings. The summed E-state index contributed by atoms with van der Waals surface area (Å²) in [6.07, 6.45) is 5.25. The molecule has 0 atom stereocenters. The second kappa shape index (κ2) is 7.43. The van der Waals surface area contributed by atoms with Gasteiger partial charge in [0.05, 0.1) is 0 Å². The van der Waals surface area contributed by atoms with Crippen LogP contribution in [-0.2, 0) is 18.3 Å². The first-order chi connectivity index (χ1) is 4.27. The summed E-state index contributed by atoms with van der Waals surface area (Å²) in [6.45, 7) is 0. The molecule has 3 heteroatoms. The standard InChI is InChI=1S/C6H13S2.Zn/c1-2-3-4-5-6(7)8;/h6-8H,1-5H2;. The molecule has 0 radical (unpaired) electrons. The summed E-state index contributed by atoms with van der Waals surface area (Å²) >= 11 is 9.79. The Morgan fingerprint density at radius 3 is 2.22 bits per heavy atom. The third kappa shape index (κ3) is 9.32. The zero-order valence-electron chi connectivity index (χ0n) is 5.71. The number of hydrogen-bond donors (Lipinski definition) is 2. The van der Waals surface area contributed by atoms with Crippen molar-refractivity contribution in [1.29, 1.82) is 0 Å². The van der Waals surface area contributed by atoms with E-state index in [0.717, 1.165) is 6.42 Å². The molecule has 0 fully saturated rings.